The molecular weight excluding hydrogens is 258 g/mol. The van der Waals surface area contributed by atoms with Crippen LogP contribution in [0.1, 0.15) is 52.8 Å². The van der Waals surface area contributed by atoms with Crippen LogP contribution in [0.25, 0.3) is 11.0 Å². The molecule has 21 heavy (non-hydrogen) atoms. The van der Waals surface area contributed by atoms with Crippen molar-refractivity contribution >= 4 is 11.0 Å². The summed E-state index contributed by atoms with van der Waals surface area (Å²) in [5.74, 6) is 1.95. The Bertz CT molecular complexity index is 557. The zero-order chi connectivity index (χ0) is 15.2. The van der Waals surface area contributed by atoms with Gasteiger partial charge in [-0.05, 0) is 38.3 Å². The Morgan fingerprint density at radius 1 is 1.14 bits per heavy atom. The molecule has 0 saturated carbocycles. The SMILES string of the molecule is CCn1c(CNC(C)CCCC(C)C)nc2ccccc21. The summed E-state index contributed by atoms with van der Waals surface area (Å²) in [6.45, 7) is 10.9. The molecule has 0 fully saturated rings. The molecule has 1 atom stereocenters. The normalized spacial score (nSPS) is 13.2. The number of para-hydroxylation sites is 2. The van der Waals surface area contributed by atoms with Gasteiger partial charge in [-0.1, -0.05) is 38.8 Å². The maximum atomic E-state index is 4.76. The highest BCUT2D eigenvalue weighted by Crippen LogP contribution is 2.16. The van der Waals surface area contributed by atoms with Gasteiger partial charge in [0.05, 0.1) is 17.6 Å². The molecule has 0 amide bonds. The summed E-state index contributed by atoms with van der Waals surface area (Å²) in [4.78, 5) is 4.76. The molecular formula is C18H29N3. The summed E-state index contributed by atoms with van der Waals surface area (Å²) in [7, 11) is 0. The quantitative estimate of drug-likeness (QED) is 0.781. The first-order chi connectivity index (χ1) is 10.1. The first kappa shape index (κ1) is 16.0. The summed E-state index contributed by atoms with van der Waals surface area (Å²) >= 11 is 0. The minimum Gasteiger partial charge on any atom is -0.327 e. The van der Waals surface area contributed by atoms with E-state index >= 15 is 0 Å². The Hall–Kier alpha value is -1.35. The lowest BCUT2D eigenvalue weighted by Gasteiger charge is -2.15. The Balaban J connectivity index is 1.93. The van der Waals surface area contributed by atoms with Gasteiger partial charge in [-0.15, -0.1) is 0 Å². The minimum absolute atomic E-state index is 0.550. The van der Waals surface area contributed by atoms with Crippen LogP contribution in [0.2, 0.25) is 0 Å². The van der Waals surface area contributed by atoms with Gasteiger partial charge in [0.25, 0.3) is 0 Å². The third-order valence-electron chi connectivity index (χ3n) is 4.08. The molecule has 2 aromatic rings. The van der Waals surface area contributed by atoms with E-state index in [1.807, 2.05) is 0 Å². The maximum Gasteiger partial charge on any atom is 0.123 e. The van der Waals surface area contributed by atoms with Crippen LogP contribution in [0.4, 0.5) is 0 Å². The standard InChI is InChI=1S/C18H29N3/c1-5-21-17-12-7-6-11-16(17)20-18(21)13-19-15(4)10-8-9-14(2)3/h6-7,11-12,14-15,19H,5,8-10,13H2,1-4H3. The topological polar surface area (TPSA) is 29.9 Å². The lowest BCUT2D eigenvalue weighted by molar-refractivity contribution is 0.449. The summed E-state index contributed by atoms with van der Waals surface area (Å²) < 4.78 is 2.31. The van der Waals surface area contributed by atoms with Crippen LogP contribution in [-0.2, 0) is 13.1 Å². The van der Waals surface area contributed by atoms with Crippen molar-refractivity contribution in [2.75, 3.05) is 0 Å². The van der Waals surface area contributed by atoms with Gasteiger partial charge >= 0.3 is 0 Å². The van der Waals surface area contributed by atoms with Crippen molar-refractivity contribution in [2.24, 2.45) is 5.92 Å². The number of imidazole rings is 1. The number of nitrogens with zero attached hydrogens (tertiary/aromatic N) is 2. The highest BCUT2D eigenvalue weighted by atomic mass is 15.1. The van der Waals surface area contributed by atoms with Gasteiger partial charge in [0.15, 0.2) is 0 Å². The predicted octanol–water partition coefficient (Wildman–Crippen LogP) is 4.36. The average molecular weight is 287 g/mol. The molecule has 0 radical (unpaired) electrons. The zero-order valence-electron chi connectivity index (χ0n) is 13.9. The molecule has 0 aliphatic heterocycles. The second-order valence-electron chi connectivity index (χ2n) is 6.37. The first-order valence-electron chi connectivity index (χ1n) is 8.29. The zero-order valence-corrected chi connectivity index (χ0v) is 13.9. The van der Waals surface area contributed by atoms with Crippen LogP contribution in [-0.4, -0.2) is 15.6 Å². The fourth-order valence-corrected chi connectivity index (χ4v) is 2.81. The molecule has 1 aromatic carbocycles. The van der Waals surface area contributed by atoms with E-state index in [2.05, 4.69) is 61.8 Å². The van der Waals surface area contributed by atoms with Crippen molar-refractivity contribution in [3.8, 4) is 0 Å². The van der Waals surface area contributed by atoms with Crippen molar-refractivity contribution in [1.29, 1.82) is 0 Å². The number of hydrogen-bond donors (Lipinski definition) is 1. The summed E-state index contributed by atoms with van der Waals surface area (Å²) in [6, 6.07) is 8.94. The molecule has 2 rings (SSSR count). The van der Waals surface area contributed by atoms with Crippen molar-refractivity contribution in [1.82, 2.24) is 14.9 Å². The Kier molecular flexibility index (Phi) is 5.80. The van der Waals surface area contributed by atoms with E-state index in [1.54, 1.807) is 0 Å². The van der Waals surface area contributed by atoms with Crippen molar-refractivity contribution in [3.05, 3.63) is 30.1 Å². The van der Waals surface area contributed by atoms with E-state index < -0.39 is 0 Å². The van der Waals surface area contributed by atoms with E-state index in [0.29, 0.717) is 6.04 Å². The lowest BCUT2D eigenvalue weighted by atomic mass is 10.0. The van der Waals surface area contributed by atoms with Gasteiger partial charge in [-0.3, -0.25) is 0 Å². The van der Waals surface area contributed by atoms with E-state index in [4.69, 9.17) is 4.98 Å². The van der Waals surface area contributed by atoms with Crippen molar-refractivity contribution in [3.63, 3.8) is 0 Å². The van der Waals surface area contributed by atoms with Crippen molar-refractivity contribution in [2.45, 2.75) is 66.1 Å². The predicted molar refractivity (Wildman–Crippen MR) is 90.4 cm³/mol. The highest BCUT2D eigenvalue weighted by molar-refractivity contribution is 5.75. The largest absolute Gasteiger partial charge is 0.327 e. The molecule has 1 unspecified atom stereocenters. The van der Waals surface area contributed by atoms with Crippen LogP contribution in [0.15, 0.2) is 24.3 Å². The first-order valence-corrected chi connectivity index (χ1v) is 8.29. The fourth-order valence-electron chi connectivity index (χ4n) is 2.81. The third-order valence-corrected chi connectivity index (χ3v) is 4.08. The third kappa shape index (κ3) is 4.31. The molecule has 1 N–H and O–H groups in total. The molecule has 0 bridgehead atoms. The molecule has 0 aliphatic rings. The van der Waals surface area contributed by atoms with Crippen LogP contribution < -0.4 is 5.32 Å². The number of nitrogens with one attached hydrogen (secondary N) is 1. The second-order valence-corrected chi connectivity index (χ2v) is 6.37. The lowest BCUT2D eigenvalue weighted by Crippen LogP contribution is -2.27. The number of rotatable bonds is 8. The van der Waals surface area contributed by atoms with Gasteiger partial charge in [-0.25, -0.2) is 4.98 Å². The number of fused-ring (bicyclic) bond motifs is 1. The molecule has 116 valence electrons. The molecule has 1 heterocycles. The number of hydrogen-bond acceptors (Lipinski definition) is 2. The van der Waals surface area contributed by atoms with Crippen LogP contribution in [0.5, 0.6) is 0 Å². The summed E-state index contributed by atoms with van der Waals surface area (Å²) in [5.41, 5.74) is 2.34. The molecule has 0 aliphatic carbocycles. The molecule has 0 spiro atoms. The van der Waals surface area contributed by atoms with Crippen molar-refractivity contribution < 1.29 is 0 Å². The van der Waals surface area contributed by atoms with Crippen LogP contribution in [0, 0.1) is 5.92 Å². The number of benzene rings is 1. The van der Waals surface area contributed by atoms with Crippen LogP contribution >= 0.6 is 0 Å². The highest BCUT2D eigenvalue weighted by Gasteiger charge is 2.10. The number of aryl methyl sites for hydroxylation is 1. The van der Waals surface area contributed by atoms with Gasteiger partial charge in [-0.2, -0.15) is 0 Å². The summed E-state index contributed by atoms with van der Waals surface area (Å²) in [6.07, 6.45) is 3.86. The minimum atomic E-state index is 0.550. The van der Waals surface area contributed by atoms with Crippen LogP contribution in [0.3, 0.4) is 0 Å². The van der Waals surface area contributed by atoms with Gasteiger partial charge in [0.2, 0.25) is 0 Å². The van der Waals surface area contributed by atoms with E-state index in [-0.39, 0.29) is 0 Å². The van der Waals surface area contributed by atoms with E-state index in [9.17, 15) is 0 Å². The number of aromatic nitrogens is 2. The Morgan fingerprint density at radius 2 is 1.90 bits per heavy atom. The Labute approximate surface area is 128 Å². The Morgan fingerprint density at radius 3 is 2.62 bits per heavy atom. The maximum absolute atomic E-state index is 4.76. The van der Waals surface area contributed by atoms with E-state index in [0.717, 1.165) is 30.3 Å². The molecule has 1 aromatic heterocycles. The fraction of sp³-hybridized carbons (Fsp3) is 0.611. The van der Waals surface area contributed by atoms with Gasteiger partial charge < -0.3 is 9.88 Å². The molecule has 0 saturated heterocycles. The smallest absolute Gasteiger partial charge is 0.123 e. The monoisotopic (exact) mass is 287 g/mol. The van der Waals surface area contributed by atoms with Gasteiger partial charge in [0.1, 0.15) is 5.82 Å². The van der Waals surface area contributed by atoms with E-state index in [1.165, 1.54) is 24.8 Å². The summed E-state index contributed by atoms with van der Waals surface area (Å²) in [5, 5.41) is 3.62. The molecule has 3 nitrogen and oxygen atoms in total. The molecule has 3 heteroatoms. The average Bonchev–Trinajstić information content (AvgIpc) is 2.82. The van der Waals surface area contributed by atoms with Gasteiger partial charge in [0, 0.05) is 12.6 Å². The second kappa shape index (κ2) is 7.60.